The Balaban J connectivity index is 1.45. The van der Waals surface area contributed by atoms with Crippen molar-refractivity contribution in [2.24, 2.45) is 11.8 Å². The topological polar surface area (TPSA) is 131 Å². The number of carbonyl (C=O) groups is 3. The van der Waals surface area contributed by atoms with Gasteiger partial charge in [-0.05, 0) is 56.2 Å². The summed E-state index contributed by atoms with van der Waals surface area (Å²) in [6.45, 7) is 7.43. The predicted molar refractivity (Wildman–Crippen MR) is 167 cm³/mol. The molecule has 3 aliphatic heterocycles. The van der Waals surface area contributed by atoms with Crippen LogP contribution in [0.2, 0.25) is 18.6 Å². The molecule has 1 unspecified atom stereocenters. The molecule has 11 heteroatoms. The van der Waals surface area contributed by atoms with E-state index < -0.39 is 31.5 Å². The number of nitrogens with zero attached hydrogens (tertiary/aromatic N) is 2. The highest BCUT2D eigenvalue weighted by molar-refractivity contribution is 6.71. The van der Waals surface area contributed by atoms with E-state index >= 15 is 0 Å². The Morgan fingerprint density at radius 1 is 1.21 bits per heavy atom. The first-order valence-corrected chi connectivity index (χ1v) is 18.3. The van der Waals surface area contributed by atoms with Crippen LogP contribution in [0, 0.1) is 11.8 Å². The molecule has 0 aliphatic carbocycles. The van der Waals surface area contributed by atoms with Gasteiger partial charge in [-0.1, -0.05) is 37.3 Å². The minimum Gasteiger partial charge on any atom is -0.432 e. The number of anilines is 2. The van der Waals surface area contributed by atoms with E-state index in [2.05, 4.69) is 10.6 Å². The Labute approximate surface area is 254 Å². The standard InChI is InChI=1S/C32H44N4O6Si/c1-21-29(43(3,4)41)27(18-28(38)36(15-16-37)20-22-9-6-5-7-10-22)42-32(21)25-17-24(12-13-26(25)35(2)31(32)40)34-30(39)23-11-8-14-33-19-23/h5-7,9-10,12-13,17,21,23,27,29,33,37,41H,8,11,14-16,18-20H2,1-4H3,(H,34,39)/t21-,23?,27+,29-,32+/m0/s1. The zero-order chi connectivity index (χ0) is 30.9. The highest BCUT2D eigenvalue weighted by Crippen LogP contribution is 2.59. The summed E-state index contributed by atoms with van der Waals surface area (Å²) >= 11 is 0. The van der Waals surface area contributed by atoms with E-state index in [1.54, 1.807) is 22.9 Å². The van der Waals surface area contributed by atoms with Crippen molar-refractivity contribution in [3.05, 3.63) is 59.7 Å². The molecular formula is C32H44N4O6Si. The molecule has 2 fully saturated rings. The number of fused-ring (bicyclic) bond motifs is 2. The Morgan fingerprint density at radius 2 is 1.95 bits per heavy atom. The SMILES string of the molecule is C[C@H]1[C@H]([Si](C)(C)O)[C@@H](CC(=O)N(CCO)Cc2ccccc2)O[C@]12C(=O)N(C)c1ccc(NC(=O)C3CCCNC3)cc12. The van der Waals surface area contributed by atoms with Crippen molar-refractivity contribution in [3.8, 4) is 0 Å². The van der Waals surface area contributed by atoms with Crippen LogP contribution < -0.4 is 15.5 Å². The lowest BCUT2D eigenvalue weighted by molar-refractivity contribution is -0.149. The molecule has 2 aromatic rings. The summed E-state index contributed by atoms with van der Waals surface area (Å²) in [7, 11) is -1.26. The summed E-state index contributed by atoms with van der Waals surface area (Å²) in [6, 6.07) is 15.0. The third-order valence-electron chi connectivity index (χ3n) is 9.36. The van der Waals surface area contributed by atoms with Gasteiger partial charge in [-0.3, -0.25) is 14.4 Å². The van der Waals surface area contributed by atoms with Crippen molar-refractivity contribution in [2.75, 3.05) is 43.5 Å². The average Bonchev–Trinajstić information content (AvgIpc) is 3.39. The summed E-state index contributed by atoms with van der Waals surface area (Å²) in [5.74, 6) is -1.07. The average molecular weight is 609 g/mol. The molecule has 3 amide bonds. The smallest absolute Gasteiger partial charge is 0.264 e. The molecule has 0 saturated carbocycles. The van der Waals surface area contributed by atoms with Gasteiger partial charge in [0.1, 0.15) is 0 Å². The van der Waals surface area contributed by atoms with E-state index in [4.69, 9.17) is 4.74 Å². The fraction of sp³-hybridized carbons (Fsp3) is 0.531. The number of nitrogens with one attached hydrogen (secondary N) is 2. The maximum absolute atomic E-state index is 14.1. The van der Waals surface area contributed by atoms with Gasteiger partial charge in [0, 0.05) is 49.4 Å². The van der Waals surface area contributed by atoms with Crippen LogP contribution in [0.5, 0.6) is 0 Å². The molecule has 2 saturated heterocycles. The van der Waals surface area contributed by atoms with E-state index in [1.165, 1.54) is 0 Å². The van der Waals surface area contributed by atoms with Crippen molar-refractivity contribution in [2.45, 2.75) is 63.1 Å². The molecule has 10 nitrogen and oxygen atoms in total. The van der Waals surface area contributed by atoms with E-state index in [0.717, 1.165) is 24.9 Å². The van der Waals surface area contributed by atoms with Gasteiger partial charge in [0.05, 0.1) is 30.7 Å². The Bertz CT molecular complexity index is 1350. The molecule has 0 radical (unpaired) electrons. The minimum absolute atomic E-state index is 0.0297. The van der Waals surface area contributed by atoms with Gasteiger partial charge in [-0.25, -0.2) is 0 Å². The number of hydrogen-bond acceptors (Lipinski definition) is 7. The van der Waals surface area contributed by atoms with Crippen molar-refractivity contribution in [3.63, 3.8) is 0 Å². The highest BCUT2D eigenvalue weighted by atomic mass is 28.4. The molecule has 43 heavy (non-hydrogen) atoms. The number of ether oxygens (including phenoxy) is 1. The summed E-state index contributed by atoms with van der Waals surface area (Å²) in [5.41, 5.74) is 1.03. The first kappa shape index (κ1) is 31.3. The third kappa shape index (κ3) is 6.01. The summed E-state index contributed by atoms with van der Waals surface area (Å²) in [6.07, 6.45) is 1.03. The second-order valence-electron chi connectivity index (χ2n) is 12.7. The minimum atomic E-state index is -2.97. The van der Waals surface area contributed by atoms with Crippen molar-refractivity contribution in [1.29, 1.82) is 0 Å². The van der Waals surface area contributed by atoms with Crippen LogP contribution in [0.3, 0.4) is 0 Å². The van der Waals surface area contributed by atoms with Gasteiger partial charge in [0.15, 0.2) is 13.9 Å². The van der Waals surface area contributed by atoms with E-state index in [9.17, 15) is 24.3 Å². The molecule has 232 valence electrons. The predicted octanol–water partition coefficient (Wildman–Crippen LogP) is 2.81. The monoisotopic (exact) mass is 608 g/mol. The molecule has 1 spiro atoms. The number of hydrogen-bond donors (Lipinski definition) is 4. The fourth-order valence-electron chi connectivity index (χ4n) is 7.30. The molecule has 0 bridgehead atoms. The number of likely N-dealkylation sites (N-methyl/N-ethyl adjacent to an activating group) is 1. The summed E-state index contributed by atoms with van der Waals surface area (Å²) in [5, 5.41) is 16.0. The van der Waals surface area contributed by atoms with Crippen LogP contribution in [0.4, 0.5) is 11.4 Å². The van der Waals surface area contributed by atoms with Crippen molar-refractivity contribution < 1.29 is 29.0 Å². The largest absolute Gasteiger partial charge is 0.432 e. The fourth-order valence-corrected chi connectivity index (χ4v) is 9.85. The third-order valence-corrected chi connectivity index (χ3v) is 11.9. The molecule has 2 aromatic carbocycles. The number of carbonyl (C=O) groups excluding carboxylic acids is 3. The lowest BCUT2D eigenvalue weighted by Gasteiger charge is -2.32. The van der Waals surface area contributed by atoms with Crippen LogP contribution in [0.15, 0.2) is 48.5 Å². The van der Waals surface area contributed by atoms with Gasteiger partial charge in [0.25, 0.3) is 5.91 Å². The molecule has 3 heterocycles. The second-order valence-corrected chi connectivity index (χ2v) is 16.7. The Hall–Kier alpha value is -3.09. The van der Waals surface area contributed by atoms with Gasteiger partial charge in [-0.2, -0.15) is 0 Å². The molecular weight excluding hydrogens is 564 g/mol. The maximum atomic E-state index is 14.1. The second kappa shape index (κ2) is 12.5. The number of amides is 3. The molecule has 0 aromatic heterocycles. The van der Waals surface area contributed by atoms with Gasteiger partial charge in [-0.15, -0.1) is 0 Å². The Kier molecular flexibility index (Phi) is 9.10. The highest BCUT2D eigenvalue weighted by Gasteiger charge is 2.66. The number of aliphatic hydroxyl groups is 1. The quantitative estimate of drug-likeness (QED) is 0.322. The molecule has 5 atom stereocenters. The lowest BCUT2D eigenvalue weighted by Crippen LogP contribution is -2.45. The van der Waals surface area contributed by atoms with Crippen LogP contribution in [-0.4, -0.2) is 80.2 Å². The molecule has 4 N–H and O–H groups in total. The van der Waals surface area contributed by atoms with Gasteiger partial charge < -0.3 is 35.1 Å². The number of benzene rings is 2. The maximum Gasteiger partial charge on any atom is 0.264 e. The first-order valence-electron chi connectivity index (χ1n) is 15.2. The van der Waals surface area contributed by atoms with Crippen LogP contribution in [0.1, 0.15) is 37.3 Å². The van der Waals surface area contributed by atoms with E-state index in [-0.39, 0.29) is 43.2 Å². The van der Waals surface area contributed by atoms with Crippen molar-refractivity contribution >= 4 is 37.4 Å². The summed E-state index contributed by atoms with van der Waals surface area (Å²) < 4.78 is 6.75. The van der Waals surface area contributed by atoms with Gasteiger partial charge >= 0.3 is 0 Å². The normalized spacial score (nSPS) is 26.9. The number of aliphatic hydroxyl groups excluding tert-OH is 1. The van der Waals surface area contributed by atoms with Crippen LogP contribution in [0.25, 0.3) is 0 Å². The van der Waals surface area contributed by atoms with Crippen LogP contribution in [-0.2, 0) is 31.3 Å². The van der Waals surface area contributed by atoms with Crippen molar-refractivity contribution in [1.82, 2.24) is 10.2 Å². The van der Waals surface area contributed by atoms with E-state index in [1.807, 2.05) is 62.5 Å². The lowest BCUT2D eigenvalue weighted by atomic mass is 9.82. The molecule has 5 rings (SSSR count). The Morgan fingerprint density at radius 3 is 2.60 bits per heavy atom. The van der Waals surface area contributed by atoms with E-state index in [0.29, 0.717) is 30.0 Å². The summed E-state index contributed by atoms with van der Waals surface area (Å²) in [4.78, 5) is 55.5. The number of piperidine rings is 1. The van der Waals surface area contributed by atoms with Gasteiger partial charge in [0.2, 0.25) is 11.8 Å². The number of rotatable bonds is 9. The van der Waals surface area contributed by atoms with Crippen LogP contribution >= 0.6 is 0 Å². The zero-order valence-electron chi connectivity index (χ0n) is 25.5. The molecule has 3 aliphatic rings. The zero-order valence-corrected chi connectivity index (χ0v) is 26.5. The first-order chi connectivity index (χ1) is 20.5.